The number of aromatic nitrogens is 2. The van der Waals surface area contributed by atoms with Crippen molar-refractivity contribution < 1.29 is 21.6 Å². The second-order valence-corrected chi connectivity index (χ2v) is 8.08. The van der Waals surface area contributed by atoms with E-state index in [4.69, 9.17) is 0 Å². The lowest BCUT2D eigenvalue weighted by atomic mass is 10.2. The summed E-state index contributed by atoms with van der Waals surface area (Å²) in [6, 6.07) is 3.60. The maximum atomic E-state index is 12.9. The molecule has 1 fully saturated rings. The Morgan fingerprint density at radius 2 is 1.67 bits per heavy atom. The molecule has 0 spiro atoms. The first kappa shape index (κ1) is 19.4. The zero-order valence-electron chi connectivity index (χ0n) is 14.8. The van der Waals surface area contributed by atoms with E-state index in [9.17, 15) is 21.6 Å². The second kappa shape index (κ2) is 6.99. The molecule has 0 saturated carbocycles. The van der Waals surface area contributed by atoms with Crippen LogP contribution in [0.25, 0.3) is 0 Å². The summed E-state index contributed by atoms with van der Waals surface area (Å²) in [5.74, 6) is 0.532. The standard InChI is InChI=1S/C17H19F3N4O2S/c1-11-15(12(2)22-16(21-11)24-8-3-4-9-24)23-27(25,26)14-7-5-6-13(10-14)17(18,19)20/h5-7,10,23H,3-4,8-9H2,1-2H3. The van der Waals surface area contributed by atoms with Crippen LogP contribution in [0.15, 0.2) is 29.2 Å². The van der Waals surface area contributed by atoms with Crippen LogP contribution in [-0.4, -0.2) is 31.5 Å². The number of anilines is 2. The first-order chi connectivity index (χ1) is 12.6. The molecule has 0 atom stereocenters. The quantitative estimate of drug-likeness (QED) is 0.850. The zero-order valence-corrected chi connectivity index (χ0v) is 15.7. The molecule has 0 aliphatic carbocycles. The Morgan fingerprint density at radius 1 is 1.07 bits per heavy atom. The lowest BCUT2D eigenvalue weighted by Crippen LogP contribution is -2.22. The molecule has 1 aliphatic rings. The third-order valence-corrected chi connectivity index (χ3v) is 5.70. The molecule has 1 aliphatic heterocycles. The molecular weight excluding hydrogens is 381 g/mol. The molecule has 1 N–H and O–H groups in total. The van der Waals surface area contributed by atoms with Gasteiger partial charge in [0.2, 0.25) is 5.95 Å². The Bertz CT molecular complexity index is 932. The van der Waals surface area contributed by atoms with Gasteiger partial charge < -0.3 is 4.90 Å². The van der Waals surface area contributed by atoms with Gasteiger partial charge in [0.05, 0.1) is 27.5 Å². The van der Waals surface area contributed by atoms with Crippen molar-refractivity contribution in [3.63, 3.8) is 0 Å². The molecule has 6 nitrogen and oxygen atoms in total. The molecule has 0 bridgehead atoms. The van der Waals surface area contributed by atoms with Crippen molar-refractivity contribution in [1.29, 1.82) is 0 Å². The Kier molecular flexibility index (Phi) is 5.02. The maximum Gasteiger partial charge on any atom is 0.416 e. The van der Waals surface area contributed by atoms with E-state index in [1.807, 2.05) is 4.90 Å². The number of sulfonamides is 1. The van der Waals surface area contributed by atoms with Crippen LogP contribution in [0.5, 0.6) is 0 Å². The SMILES string of the molecule is Cc1nc(N2CCCC2)nc(C)c1NS(=O)(=O)c1cccc(C(F)(F)F)c1. The summed E-state index contributed by atoms with van der Waals surface area (Å²) < 4.78 is 66.1. The number of nitrogens with one attached hydrogen (secondary N) is 1. The fourth-order valence-corrected chi connectivity index (χ4v) is 4.16. The highest BCUT2D eigenvalue weighted by molar-refractivity contribution is 7.92. The Hall–Kier alpha value is -2.36. The van der Waals surface area contributed by atoms with Gasteiger partial charge in [-0.1, -0.05) is 6.07 Å². The summed E-state index contributed by atoms with van der Waals surface area (Å²) in [6.07, 6.45) is -2.53. The zero-order chi connectivity index (χ0) is 19.8. The van der Waals surface area contributed by atoms with Gasteiger partial charge in [-0.15, -0.1) is 0 Å². The van der Waals surface area contributed by atoms with Crippen LogP contribution in [0.1, 0.15) is 29.8 Å². The summed E-state index contributed by atoms with van der Waals surface area (Å²) in [7, 11) is -4.22. The highest BCUT2D eigenvalue weighted by Gasteiger charge is 2.32. The molecule has 27 heavy (non-hydrogen) atoms. The number of alkyl halides is 3. The van der Waals surface area contributed by atoms with Gasteiger partial charge >= 0.3 is 6.18 Å². The van der Waals surface area contributed by atoms with Crippen molar-refractivity contribution in [2.75, 3.05) is 22.7 Å². The number of aryl methyl sites for hydroxylation is 2. The first-order valence-corrected chi connectivity index (χ1v) is 9.86. The van der Waals surface area contributed by atoms with Gasteiger partial charge in [0.15, 0.2) is 0 Å². The van der Waals surface area contributed by atoms with E-state index in [0.717, 1.165) is 44.1 Å². The van der Waals surface area contributed by atoms with Crippen LogP contribution in [0.3, 0.4) is 0 Å². The van der Waals surface area contributed by atoms with Crippen LogP contribution in [0, 0.1) is 13.8 Å². The molecule has 1 saturated heterocycles. The van der Waals surface area contributed by atoms with Gasteiger partial charge in [-0.05, 0) is 44.9 Å². The van der Waals surface area contributed by atoms with Crippen LogP contribution in [-0.2, 0) is 16.2 Å². The van der Waals surface area contributed by atoms with Crippen molar-refractivity contribution in [1.82, 2.24) is 9.97 Å². The molecule has 0 unspecified atom stereocenters. The van der Waals surface area contributed by atoms with E-state index in [0.29, 0.717) is 23.4 Å². The number of hydrogen-bond acceptors (Lipinski definition) is 5. The molecule has 0 radical (unpaired) electrons. The molecule has 2 heterocycles. The number of hydrogen-bond donors (Lipinski definition) is 1. The van der Waals surface area contributed by atoms with Crippen molar-refractivity contribution in [3.05, 3.63) is 41.2 Å². The number of halogens is 3. The van der Waals surface area contributed by atoms with Gasteiger partial charge in [-0.3, -0.25) is 4.72 Å². The highest BCUT2D eigenvalue weighted by Crippen LogP contribution is 2.31. The minimum atomic E-state index is -4.63. The monoisotopic (exact) mass is 400 g/mol. The van der Waals surface area contributed by atoms with Gasteiger partial charge in [0.1, 0.15) is 0 Å². The average Bonchev–Trinajstić information content (AvgIpc) is 3.12. The van der Waals surface area contributed by atoms with Crippen molar-refractivity contribution in [3.8, 4) is 0 Å². The highest BCUT2D eigenvalue weighted by atomic mass is 32.2. The van der Waals surface area contributed by atoms with Crippen LogP contribution in [0.4, 0.5) is 24.8 Å². The van der Waals surface area contributed by atoms with Crippen molar-refractivity contribution in [2.24, 2.45) is 0 Å². The summed E-state index contributed by atoms with van der Waals surface area (Å²) in [6.45, 7) is 4.96. The van der Waals surface area contributed by atoms with Crippen molar-refractivity contribution in [2.45, 2.75) is 37.8 Å². The minimum absolute atomic E-state index is 0.176. The summed E-state index contributed by atoms with van der Waals surface area (Å²) in [4.78, 5) is 10.3. The fraction of sp³-hybridized carbons (Fsp3) is 0.412. The molecule has 1 aromatic heterocycles. The van der Waals surface area contributed by atoms with Crippen LogP contribution >= 0.6 is 0 Å². The topological polar surface area (TPSA) is 75.2 Å². The van der Waals surface area contributed by atoms with E-state index >= 15 is 0 Å². The van der Waals surface area contributed by atoms with E-state index in [1.54, 1.807) is 13.8 Å². The van der Waals surface area contributed by atoms with Crippen LogP contribution in [0.2, 0.25) is 0 Å². The summed E-state index contributed by atoms with van der Waals surface area (Å²) in [5, 5.41) is 0. The molecule has 10 heteroatoms. The lowest BCUT2D eigenvalue weighted by molar-refractivity contribution is -0.137. The minimum Gasteiger partial charge on any atom is -0.341 e. The van der Waals surface area contributed by atoms with E-state index in [2.05, 4.69) is 14.7 Å². The molecular formula is C17H19F3N4O2S. The molecule has 2 aromatic rings. The smallest absolute Gasteiger partial charge is 0.341 e. The summed E-state index contributed by atoms with van der Waals surface area (Å²) >= 11 is 0. The predicted octanol–water partition coefficient (Wildman–Crippen LogP) is 3.51. The summed E-state index contributed by atoms with van der Waals surface area (Å²) in [5.41, 5.74) is -0.0188. The van der Waals surface area contributed by atoms with Crippen molar-refractivity contribution >= 4 is 21.7 Å². The van der Waals surface area contributed by atoms with Gasteiger partial charge in [-0.25, -0.2) is 18.4 Å². The Labute approximate surface area is 155 Å². The first-order valence-electron chi connectivity index (χ1n) is 8.38. The molecule has 0 amide bonds. The lowest BCUT2D eigenvalue weighted by Gasteiger charge is -2.19. The van der Waals surface area contributed by atoms with Crippen LogP contribution < -0.4 is 9.62 Å². The van der Waals surface area contributed by atoms with Gasteiger partial charge in [-0.2, -0.15) is 13.2 Å². The third-order valence-electron chi connectivity index (χ3n) is 4.36. The molecule has 1 aromatic carbocycles. The molecule has 3 rings (SSSR count). The maximum absolute atomic E-state index is 12.9. The average molecular weight is 400 g/mol. The fourth-order valence-electron chi connectivity index (χ4n) is 2.94. The normalized spacial score (nSPS) is 15.2. The largest absolute Gasteiger partial charge is 0.416 e. The van der Waals surface area contributed by atoms with E-state index in [1.165, 1.54) is 0 Å². The van der Waals surface area contributed by atoms with Gasteiger partial charge in [0, 0.05) is 13.1 Å². The third kappa shape index (κ3) is 4.15. The number of benzene rings is 1. The molecule has 146 valence electrons. The van der Waals surface area contributed by atoms with E-state index < -0.39 is 26.7 Å². The predicted molar refractivity (Wildman–Crippen MR) is 95.2 cm³/mol. The number of rotatable bonds is 4. The second-order valence-electron chi connectivity index (χ2n) is 6.39. The van der Waals surface area contributed by atoms with E-state index in [-0.39, 0.29) is 5.69 Å². The van der Waals surface area contributed by atoms with Gasteiger partial charge in [0.25, 0.3) is 10.0 Å². The Morgan fingerprint density at radius 3 is 2.22 bits per heavy atom. The Balaban J connectivity index is 1.92. The number of nitrogens with zero attached hydrogens (tertiary/aromatic N) is 3.